The Labute approximate surface area is 86.4 Å². The van der Waals surface area contributed by atoms with Crippen LogP contribution in [0.15, 0.2) is 43.0 Å². The van der Waals surface area contributed by atoms with Gasteiger partial charge in [0.05, 0.1) is 5.60 Å². The molecule has 1 rings (SSSR count). The van der Waals surface area contributed by atoms with Crippen LogP contribution in [0.4, 0.5) is 0 Å². The summed E-state index contributed by atoms with van der Waals surface area (Å²) in [4.78, 5) is 0. The van der Waals surface area contributed by atoms with E-state index in [0.29, 0.717) is 0 Å². The molecule has 0 aromatic heterocycles. The maximum absolute atomic E-state index is 5.85. The summed E-state index contributed by atoms with van der Waals surface area (Å²) in [6, 6.07) is 10.1. The van der Waals surface area contributed by atoms with E-state index in [0.717, 1.165) is 5.56 Å². The van der Waals surface area contributed by atoms with Gasteiger partial charge < -0.3 is 4.74 Å². The van der Waals surface area contributed by atoms with Gasteiger partial charge in [0.25, 0.3) is 0 Å². The SMILES string of the molecule is C=CC(OC(C)(C)C)c1ccccc1. The number of hydrogen-bond donors (Lipinski definition) is 0. The van der Waals surface area contributed by atoms with Crippen LogP contribution in [0.3, 0.4) is 0 Å². The van der Waals surface area contributed by atoms with Crippen molar-refractivity contribution in [3.63, 3.8) is 0 Å². The van der Waals surface area contributed by atoms with Crippen LogP contribution >= 0.6 is 0 Å². The van der Waals surface area contributed by atoms with Crippen LogP contribution in [0.2, 0.25) is 0 Å². The minimum atomic E-state index is -0.144. The van der Waals surface area contributed by atoms with Gasteiger partial charge in [0, 0.05) is 0 Å². The van der Waals surface area contributed by atoms with Gasteiger partial charge in [-0.2, -0.15) is 0 Å². The van der Waals surface area contributed by atoms with Crippen LogP contribution in [0.5, 0.6) is 0 Å². The molecule has 0 aliphatic heterocycles. The average Bonchev–Trinajstić information content (AvgIpc) is 2.14. The monoisotopic (exact) mass is 190 g/mol. The van der Waals surface area contributed by atoms with Crippen molar-refractivity contribution in [2.45, 2.75) is 32.5 Å². The Morgan fingerprint density at radius 1 is 1.21 bits per heavy atom. The molecule has 0 aliphatic carbocycles. The largest absolute Gasteiger partial charge is 0.364 e. The second-order valence-electron chi connectivity index (χ2n) is 4.30. The second kappa shape index (κ2) is 4.43. The number of ether oxygens (including phenoxy) is 1. The van der Waals surface area contributed by atoms with Crippen LogP contribution in [0, 0.1) is 0 Å². The molecular weight excluding hydrogens is 172 g/mol. The van der Waals surface area contributed by atoms with Crippen LogP contribution in [0.1, 0.15) is 32.4 Å². The van der Waals surface area contributed by atoms with Gasteiger partial charge in [0.1, 0.15) is 6.10 Å². The van der Waals surface area contributed by atoms with E-state index in [2.05, 4.69) is 18.7 Å². The first-order chi connectivity index (χ1) is 6.53. The van der Waals surface area contributed by atoms with Crippen molar-refractivity contribution in [1.82, 2.24) is 0 Å². The summed E-state index contributed by atoms with van der Waals surface area (Å²) in [7, 11) is 0. The quantitative estimate of drug-likeness (QED) is 0.660. The molecule has 0 amide bonds. The van der Waals surface area contributed by atoms with E-state index in [9.17, 15) is 0 Å². The number of benzene rings is 1. The van der Waals surface area contributed by atoms with Gasteiger partial charge in [-0.3, -0.25) is 0 Å². The zero-order valence-corrected chi connectivity index (χ0v) is 9.16. The smallest absolute Gasteiger partial charge is 0.101 e. The zero-order chi connectivity index (χ0) is 10.6. The molecule has 1 aromatic rings. The minimum Gasteiger partial charge on any atom is -0.364 e. The highest BCUT2D eigenvalue weighted by molar-refractivity contribution is 5.20. The minimum absolute atomic E-state index is 0.0174. The predicted molar refractivity (Wildman–Crippen MR) is 60.2 cm³/mol. The molecule has 0 spiro atoms. The van der Waals surface area contributed by atoms with Crippen LogP contribution in [-0.4, -0.2) is 5.60 Å². The van der Waals surface area contributed by atoms with Gasteiger partial charge >= 0.3 is 0 Å². The highest BCUT2D eigenvalue weighted by Crippen LogP contribution is 2.24. The van der Waals surface area contributed by atoms with Crippen LogP contribution in [0.25, 0.3) is 0 Å². The third-order valence-electron chi connectivity index (χ3n) is 1.82. The molecule has 1 atom stereocenters. The summed E-state index contributed by atoms with van der Waals surface area (Å²) in [5, 5.41) is 0. The van der Waals surface area contributed by atoms with E-state index >= 15 is 0 Å². The molecule has 76 valence electrons. The van der Waals surface area contributed by atoms with E-state index in [1.54, 1.807) is 0 Å². The molecule has 0 N–H and O–H groups in total. The Bertz CT molecular complexity index is 282. The summed E-state index contributed by atoms with van der Waals surface area (Å²) < 4.78 is 5.85. The Balaban J connectivity index is 2.78. The van der Waals surface area contributed by atoms with Gasteiger partial charge in [-0.1, -0.05) is 36.4 Å². The van der Waals surface area contributed by atoms with Crippen LogP contribution in [-0.2, 0) is 4.74 Å². The Morgan fingerprint density at radius 2 is 1.79 bits per heavy atom. The van der Waals surface area contributed by atoms with Gasteiger partial charge in [-0.25, -0.2) is 0 Å². The number of hydrogen-bond acceptors (Lipinski definition) is 1. The van der Waals surface area contributed by atoms with Gasteiger partial charge in [0.15, 0.2) is 0 Å². The van der Waals surface area contributed by atoms with Crippen molar-refractivity contribution in [3.05, 3.63) is 48.6 Å². The fraction of sp³-hybridized carbons (Fsp3) is 0.385. The molecule has 1 unspecified atom stereocenters. The van der Waals surface area contributed by atoms with E-state index in [1.165, 1.54) is 0 Å². The fourth-order valence-corrected chi connectivity index (χ4v) is 1.28. The van der Waals surface area contributed by atoms with E-state index < -0.39 is 0 Å². The van der Waals surface area contributed by atoms with Crippen molar-refractivity contribution in [3.8, 4) is 0 Å². The molecule has 0 saturated carbocycles. The van der Waals surface area contributed by atoms with Crippen molar-refractivity contribution in [2.24, 2.45) is 0 Å². The summed E-state index contributed by atoms with van der Waals surface area (Å²) in [6.45, 7) is 9.94. The maximum atomic E-state index is 5.85. The first-order valence-electron chi connectivity index (χ1n) is 4.88. The molecule has 0 saturated heterocycles. The first kappa shape index (κ1) is 11.0. The van der Waals surface area contributed by atoms with Crippen molar-refractivity contribution in [1.29, 1.82) is 0 Å². The lowest BCUT2D eigenvalue weighted by Gasteiger charge is -2.25. The third kappa shape index (κ3) is 3.35. The van der Waals surface area contributed by atoms with Gasteiger partial charge in [0.2, 0.25) is 0 Å². The topological polar surface area (TPSA) is 9.23 Å². The number of rotatable bonds is 3. The molecule has 1 nitrogen and oxygen atoms in total. The fourth-order valence-electron chi connectivity index (χ4n) is 1.28. The lowest BCUT2D eigenvalue weighted by molar-refractivity contribution is -0.0394. The summed E-state index contributed by atoms with van der Waals surface area (Å²) in [5.74, 6) is 0. The average molecular weight is 190 g/mol. The molecule has 0 bridgehead atoms. The molecule has 1 heteroatoms. The summed E-state index contributed by atoms with van der Waals surface area (Å²) in [6.07, 6.45) is 1.82. The lowest BCUT2D eigenvalue weighted by atomic mass is 10.1. The molecular formula is C13H18O. The lowest BCUT2D eigenvalue weighted by Crippen LogP contribution is -2.21. The van der Waals surface area contributed by atoms with E-state index in [1.807, 2.05) is 45.0 Å². The van der Waals surface area contributed by atoms with E-state index in [4.69, 9.17) is 4.74 Å². The Kier molecular flexibility index (Phi) is 3.48. The summed E-state index contributed by atoms with van der Waals surface area (Å²) in [5.41, 5.74) is 1.01. The van der Waals surface area contributed by atoms with Gasteiger partial charge in [-0.05, 0) is 26.3 Å². The second-order valence-corrected chi connectivity index (χ2v) is 4.30. The normalized spacial score (nSPS) is 13.6. The highest BCUT2D eigenvalue weighted by atomic mass is 16.5. The summed E-state index contributed by atoms with van der Waals surface area (Å²) >= 11 is 0. The molecule has 0 fully saturated rings. The standard InChI is InChI=1S/C13H18O/c1-5-12(14-13(2,3)4)11-9-7-6-8-10-11/h5-10,12H,1H2,2-4H3. The van der Waals surface area contributed by atoms with E-state index in [-0.39, 0.29) is 11.7 Å². The van der Waals surface area contributed by atoms with Crippen LogP contribution < -0.4 is 0 Å². The molecule has 0 radical (unpaired) electrons. The third-order valence-corrected chi connectivity index (χ3v) is 1.82. The van der Waals surface area contributed by atoms with Crippen molar-refractivity contribution < 1.29 is 4.74 Å². The highest BCUT2D eigenvalue weighted by Gasteiger charge is 2.17. The zero-order valence-electron chi connectivity index (χ0n) is 9.16. The molecule has 14 heavy (non-hydrogen) atoms. The molecule has 1 aromatic carbocycles. The van der Waals surface area contributed by atoms with Crippen molar-refractivity contribution >= 4 is 0 Å². The predicted octanol–water partition coefficient (Wildman–Crippen LogP) is 3.73. The Hall–Kier alpha value is -1.08. The first-order valence-corrected chi connectivity index (χ1v) is 4.88. The molecule has 0 aliphatic rings. The van der Waals surface area contributed by atoms with Crippen molar-refractivity contribution in [2.75, 3.05) is 0 Å². The Morgan fingerprint density at radius 3 is 2.21 bits per heavy atom. The molecule has 0 heterocycles. The maximum Gasteiger partial charge on any atom is 0.101 e. The van der Waals surface area contributed by atoms with Gasteiger partial charge in [-0.15, -0.1) is 6.58 Å².